The normalized spacial score (nSPS) is 12.2. The van der Waals surface area contributed by atoms with Crippen molar-refractivity contribution in [2.24, 2.45) is 0 Å². The van der Waals surface area contributed by atoms with Gasteiger partial charge in [-0.2, -0.15) is 18.4 Å². The van der Waals surface area contributed by atoms with Crippen molar-refractivity contribution in [3.05, 3.63) is 71.8 Å². The van der Waals surface area contributed by atoms with E-state index in [0.717, 1.165) is 12.1 Å². The number of hydrogen-bond donors (Lipinski definition) is 1. The van der Waals surface area contributed by atoms with E-state index in [1.807, 2.05) is 0 Å². The van der Waals surface area contributed by atoms with E-state index in [-0.39, 0.29) is 11.5 Å². The first-order valence-electron chi connectivity index (χ1n) is 7.03. The monoisotopic (exact) mass is 333 g/mol. The number of halogens is 3. The summed E-state index contributed by atoms with van der Waals surface area (Å²) < 4.78 is 44.7. The Bertz CT molecular complexity index is 779. The Morgan fingerprint density at radius 1 is 1.25 bits per heavy atom. The maximum absolute atomic E-state index is 13.0. The third-order valence-corrected chi connectivity index (χ3v) is 3.32. The molecule has 0 aliphatic carbocycles. The predicted molar refractivity (Wildman–Crippen MR) is 82.4 cm³/mol. The molecule has 124 valence electrons. The van der Waals surface area contributed by atoms with E-state index in [9.17, 15) is 18.3 Å². The Kier molecular flexibility index (Phi) is 5.14. The zero-order valence-electron chi connectivity index (χ0n) is 12.5. The van der Waals surface area contributed by atoms with Crippen LogP contribution in [-0.4, -0.2) is 5.11 Å². The Labute approximate surface area is 137 Å². The van der Waals surface area contributed by atoms with E-state index >= 15 is 0 Å². The maximum Gasteiger partial charge on any atom is 0.417 e. The summed E-state index contributed by atoms with van der Waals surface area (Å²) in [7, 11) is 0. The van der Waals surface area contributed by atoms with Gasteiger partial charge in [-0.05, 0) is 35.9 Å². The van der Waals surface area contributed by atoms with Gasteiger partial charge in [0.1, 0.15) is 17.6 Å². The van der Waals surface area contributed by atoms with Crippen molar-refractivity contribution in [2.75, 3.05) is 0 Å². The van der Waals surface area contributed by atoms with Crippen LogP contribution in [0.15, 0.2) is 55.1 Å². The lowest BCUT2D eigenvalue weighted by Crippen LogP contribution is -2.10. The van der Waals surface area contributed by atoms with Gasteiger partial charge in [-0.1, -0.05) is 18.2 Å². The minimum atomic E-state index is -4.65. The minimum absolute atomic E-state index is 0.0171. The smallest absolute Gasteiger partial charge is 0.417 e. The van der Waals surface area contributed by atoms with Crippen molar-refractivity contribution in [3.63, 3.8) is 0 Å². The molecule has 1 atom stereocenters. The summed E-state index contributed by atoms with van der Waals surface area (Å²) in [5.41, 5.74) is -0.906. The third kappa shape index (κ3) is 4.07. The van der Waals surface area contributed by atoms with Crippen LogP contribution in [0.1, 0.15) is 29.2 Å². The standard InChI is InChI=1S/C18H14F3NO2/c1-2-4-17(12-5-3-6-14(23)9-12)24-15-8-7-13(11-22)16(10-15)18(19,20)21/h2-3,5-10,17,23H,1,4H2. The first-order valence-corrected chi connectivity index (χ1v) is 7.03. The third-order valence-electron chi connectivity index (χ3n) is 3.32. The van der Waals surface area contributed by atoms with E-state index in [1.54, 1.807) is 18.2 Å². The molecule has 3 nitrogen and oxygen atoms in total. The predicted octanol–water partition coefficient (Wildman–Crippen LogP) is 4.98. The average Bonchev–Trinajstić information content (AvgIpc) is 2.53. The molecule has 6 heteroatoms. The number of ether oxygens (including phenoxy) is 1. The van der Waals surface area contributed by atoms with E-state index in [0.29, 0.717) is 12.0 Å². The molecule has 0 amide bonds. The molecular weight excluding hydrogens is 319 g/mol. The first-order chi connectivity index (χ1) is 11.3. The van der Waals surface area contributed by atoms with Crippen LogP contribution >= 0.6 is 0 Å². The minimum Gasteiger partial charge on any atom is -0.508 e. The van der Waals surface area contributed by atoms with Crippen LogP contribution < -0.4 is 4.74 Å². The summed E-state index contributed by atoms with van der Waals surface area (Å²) in [6, 6.07) is 11.0. The van der Waals surface area contributed by atoms with Crippen molar-refractivity contribution in [1.82, 2.24) is 0 Å². The van der Waals surface area contributed by atoms with Crippen LogP contribution in [0.5, 0.6) is 11.5 Å². The molecule has 0 fully saturated rings. The molecule has 2 aromatic rings. The van der Waals surface area contributed by atoms with Gasteiger partial charge in [0, 0.05) is 6.42 Å². The van der Waals surface area contributed by atoms with Crippen LogP contribution in [0.25, 0.3) is 0 Å². The fraction of sp³-hybridized carbons (Fsp3) is 0.167. The van der Waals surface area contributed by atoms with Gasteiger partial charge in [-0.15, -0.1) is 6.58 Å². The Morgan fingerprint density at radius 3 is 2.58 bits per heavy atom. The number of alkyl halides is 3. The quantitative estimate of drug-likeness (QED) is 0.785. The molecule has 2 rings (SSSR count). The summed E-state index contributed by atoms with van der Waals surface area (Å²) in [5, 5.41) is 18.4. The summed E-state index contributed by atoms with van der Waals surface area (Å²) >= 11 is 0. The molecule has 0 aliphatic heterocycles. The highest BCUT2D eigenvalue weighted by molar-refractivity contribution is 5.44. The van der Waals surface area contributed by atoms with Crippen molar-refractivity contribution >= 4 is 0 Å². The second kappa shape index (κ2) is 7.09. The summed E-state index contributed by atoms with van der Waals surface area (Å²) in [6.45, 7) is 3.61. The fourth-order valence-corrected chi connectivity index (χ4v) is 2.22. The molecule has 0 saturated carbocycles. The Balaban J connectivity index is 2.37. The molecule has 0 aliphatic rings. The number of nitriles is 1. The van der Waals surface area contributed by atoms with E-state index in [4.69, 9.17) is 10.00 Å². The highest BCUT2D eigenvalue weighted by Crippen LogP contribution is 2.36. The number of aromatic hydroxyl groups is 1. The van der Waals surface area contributed by atoms with Gasteiger partial charge < -0.3 is 9.84 Å². The first kappa shape index (κ1) is 17.4. The molecule has 0 saturated heterocycles. The molecule has 0 spiro atoms. The fourth-order valence-electron chi connectivity index (χ4n) is 2.22. The van der Waals surface area contributed by atoms with E-state index in [2.05, 4.69) is 6.58 Å². The largest absolute Gasteiger partial charge is 0.508 e. The van der Waals surface area contributed by atoms with Crippen molar-refractivity contribution in [2.45, 2.75) is 18.7 Å². The van der Waals surface area contributed by atoms with Gasteiger partial charge in [-0.25, -0.2) is 0 Å². The average molecular weight is 333 g/mol. The molecule has 24 heavy (non-hydrogen) atoms. The highest BCUT2D eigenvalue weighted by atomic mass is 19.4. The molecule has 1 N–H and O–H groups in total. The van der Waals surface area contributed by atoms with E-state index < -0.39 is 23.4 Å². The zero-order valence-corrected chi connectivity index (χ0v) is 12.5. The topological polar surface area (TPSA) is 53.2 Å². The van der Waals surface area contributed by atoms with Crippen LogP contribution in [0.2, 0.25) is 0 Å². The van der Waals surface area contributed by atoms with Gasteiger partial charge in [0.2, 0.25) is 0 Å². The van der Waals surface area contributed by atoms with Gasteiger partial charge in [0.15, 0.2) is 0 Å². The van der Waals surface area contributed by atoms with Crippen LogP contribution in [-0.2, 0) is 6.18 Å². The highest BCUT2D eigenvalue weighted by Gasteiger charge is 2.34. The molecular formula is C18H14F3NO2. The lowest BCUT2D eigenvalue weighted by molar-refractivity contribution is -0.137. The number of nitrogens with zero attached hydrogens (tertiary/aromatic N) is 1. The van der Waals surface area contributed by atoms with Crippen molar-refractivity contribution in [1.29, 1.82) is 5.26 Å². The van der Waals surface area contributed by atoms with Crippen LogP contribution in [0.3, 0.4) is 0 Å². The number of rotatable bonds is 5. The van der Waals surface area contributed by atoms with E-state index in [1.165, 1.54) is 24.3 Å². The molecule has 0 radical (unpaired) electrons. The number of phenols is 1. The molecule has 0 heterocycles. The summed E-state index contributed by atoms with van der Waals surface area (Å²) in [5.74, 6) is 0.0116. The number of phenolic OH excluding ortho intramolecular Hbond substituents is 1. The van der Waals surface area contributed by atoms with Gasteiger partial charge in [0.05, 0.1) is 17.2 Å². The SMILES string of the molecule is C=CCC(Oc1ccc(C#N)c(C(F)(F)F)c1)c1cccc(O)c1. The number of benzene rings is 2. The summed E-state index contributed by atoms with van der Waals surface area (Å²) in [4.78, 5) is 0. The summed E-state index contributed by atoms with van der Waals surface area (Å²) in [6.07, 6.45) is -3.35. The van der Waals surface area contributed by atoms with Gasteiger partial charge >= 0.3 is 6.18 Å². The van der Waals surface area contributed by atoms with Crippen molar-refractivity contribution < 1.29 is 23.0 Å². The zero-order chi connectivity index (χ0) is 17.7. The molecule has 2 aromatic carbocycles. The Hall–Kier alpha value is -2.94. The molecule has 0 aromatic heterocycles. The number of hydrogen-bond acceptors (Lipinski definition) is 3. The second-order valence-electron chi connectivity index (χ2n) is 5.04. The second-order valence-corrected chi connectivity index (χ2v) is 5.04. The van der Waals surface area contributed by atoms with Crippen molar-refractivity contribution in [3.8, 4) is 17.6 Å². The lowest BCUT2D eigenvalue weighted by Gasteiger charge is -2.19. The van der Waals surface area contributed by atoms with Gasteiger partial charge in [-0.3, -0.25) is 0 Å². The maximum atomic E-state index is 13.0. The van der Waals surface area contributed by atoms with Crippen LogP contribution in [0.4, 0.5) is 13.2 Å². The molecule has 0 bridgehead atoms. The lowest BCUT2D eigenvalue weighted by atomic mass is 10.1. The van der Waals surface area contributed by atoms with Gasteiger partial charge in [0.25, 0.3) is 0 Å². The molecule has 1 unspecified atom stereocenters. The van der Waals surface area contributed by atoms with Crippen LogP contribution in [0, 0.1) is 11.3 Å². The Morgan fingerprint density at radius 2 is 2.00 bits per heavy atom.